The molecule has 10 heavy (non-hydrogen) atoms. The molecule has 0 heterocycles. The maximum atomic E-state index is 5.67. The maximum absolute atomic E-state index is 5.67. The molecule has 0 radical (unpaired) electrons. The Morgan fingerprint density at radius 3 is 1.80 bits per heavy atom. The van der Waals surface area contributed by atoms with Gasteiger partial charge < -0.3 is 0 Å². The Bertz CT molecular complexity index is 52.0. The molecule has 0 aliphatic rings. The molecule has 0 atom stereocenters. The summed E-state index contributed by atoms with van der Waals surface area (Å²) in [5, 5.41) is 2.74. The third-order valence-corrected chi connectivity index (χ3v) is 6.54. The van der Waals surface area contributed by atoms with Crippen molar-refractivity contribution in [2.75, 3.05) is 6.61 Å². The monoisotopic (exact) mass is 206 g/mol. The molecule has 0 aliphatic carbocycles. The topological polar surface area (TPSA) is 9.23 Å². The van der Waals surface area contributed by atoms with Crippen molar-refractivity contribution in [3.63, 3.8) is 0 Å². The van der Waals surface area contributed by atoms with Crippen molar-refractivity contribution in [1.82, 2.24) is 0 Å². The number of rotatable bonds is 6. The molecule has 2 heteroatoms. The van der Waals surface area contributed by atoms with Crippen LogP contribution in [-0.4, -0.2) is 21.6 Å². The van der Waals surface area contributed by atoms with Crippen molar-refractivity contribution in [1.29, 1.82) is 0 Å². The van der Waals surface area contributed by atoms with E-state index in [4.69, 9.17) is 3.73 Å². The molecule has 0 fully saturated rings. The Labute approximate surface area is 69.8 Å². The number of hydrogen-bond acceptors (Lipinski definition) is 1. The molecule has 0 aromatic rings. The predicted molar refractivity (Wildman–Crippen MR) is 47.6 cm³/mol. The van der Waals surface area contributed by atoms with Crippen molar-refractivity contribution < 1.29 is 3.73 Å². The van der Waals surface area contributed by atoms with Crippen molar-refractivity contribution in [3.8, 4) is 0 Å². The summed E-state index contributed by atoms with van der Waals surface area (Å²) in [6, 6.07) is 0. The van der Waals surface area contributed by atoms with E-state index in [9.17, 15) is 0 Å². The summed E-state index contributed by atoms with van der Waals surface area (Å²) in [6.45, 7) is 7.53. The summed E-state index contributed by atoms with van der Waals surface area (Å²) >= 11 is -0.797. The van der Waals surface area contributed by atoms with Crippen LogP contribution >= 0.6 is 0 Å². The first-order chi connectivity index (χ1) is 4.85. The van der Waals surface area contributed by atoms with Gasteiger partial charge in [0, 0.05) is 0 Å². The van der Waals surface area contributed by atoms with Crippen molar-refractivity contribution in [3.05, 3.63) is 0 Å². The summed E-state index contributed by atoms with van der Waals surface area (Å²) in [5.41, 5.74) is 0. The Balaban J connectivity index is 3.30. The van der Waals surface area contributed by atoms with Crippen LogP contribution in [-0.2, 0) is 3.73 Å². The summed E-state index contributed by atoms with van der Waals surface area (Å²) in [7, 11) is 0. The van der Waals surface area contributed by atoms with Crippen LogP contribution in [0, 0.1) is 0 Å². The second-order valence-corrected chi connectivity index (χ2v) is 6.79. The molecule has 0 rings (SSSR count). The zero-order chi connectivity index (χ0) is 7.82. The third kappa shape index (κ3) is 5.31. The molecule has 0 aromatic heterocycles. The van der Waals surface area contributed by atoms with E-state index >= 15 is 0 Å². The third-order valence-electron chi connectivity index (χ3n) is 1.26. The van der Waals surface area contributed by atoms with Gasteiger partial charge in [0.25, 0.3) is 0 Å². The van der Waals surface area contributed by atoms with E-state index < -0.39 is 15.0 Å². The van der Waals surface area contributed by atoms with Gasteiger partial charge in [0.05, 0.1) is 0 Å². The quantitative estimate of drug-likeness (QED) is 0.607. The van der Waals surface area contributed by atoms with Gasteiger partial charge in [-0.2, -0.15) is 0 Å². The van der Waals surface area contributed by atoms with E-state index in [-0.39, 0.29) is 0 Å². The van der Waals surface area contributed by atoms with Crippen molar-refractivity contribution in [2.45, 2.75) is 44.0 Å². The molecule has 0 spiro atoms. The van der Waals surface area contributed by atoms with Gasteiger partial charge in [0.15, 0.2) is 0 Å². The summed E-state index contributed by atoms with van der Waals surface area (Å²) in [5.74, 6) is 0. The van der Waals surface area contributed by atoms with Crippen LogP contribution in [0.25, 0.3) is 0 Å². The molecule has 0 N–H and O–H groups in total. The van der Waals surface area contributed by atoms with Gasteiger partial charge in [-0.15, -0.1) is 0 Å². The fraction of sp³-hybridized carbons (Fsp3) is 1.00. The van der Waals surface area contributed by atoms with Crippen LogP contribution < -0.4 is 0 Å². The molecule has 0 aromatic carbocycles. The Kier molecular flexibility index (Phi) is 8.02. The minimum absolute atomic E-state index is 0.797. The van der Waals surface area contributed by atoms with Crippen LogP contribution in [0.15, 0.2) is 0 Å². The second kappa shape index (κ2) is 7.62. The van der Waals surface area contributed by atoms with Gasteiger partial charge in [-0.05, 0) is 0 Å². The Hall–Kier alpha value is 0.518. The van der Waals surface area contributed by atoms with E-state index in [1.54, 1.807) is 0 Å². The molecule has 0 saturated heterocycles. The van der Waals surface area contributed by atoms with Crippen molar-refractivity contribution in [2.24, 2.45) is 0 Å². The standard InChI is InChI=1S/C8H19AsO/c1-4-7-9(8-5-2)10-6-3/h4-8H2,1-3H3. The first-order valence-electron chi connectivity index (χ1n) is 4.23. The van der Waals surface area contributed by atoms with Crippen LogP contribution in [0.4, 0.5) is 0 Å². The van der Waals surface area contributed by atoms with Gasteiger partial charge in [0.2, 0.25) is 0 Å². The van der Waals surface area contributed by atoms with Crippen LogP contribution in [0.1, 0.15) is 33.6 Å². The fourth-order valence-corrected chi connectivity index (χ4v) is 4.79. The molecule has 0 aliphatic heterocycles. The molecule has 1 nitrogen and oxygen atoms in total. The molecule has 0 unspecified atom stereocenters. The van der Waals surface area contributed by atoms with Gasteiger partial charge in [0.1, 0.15) is 0 Å². The Morgan fingerprint density at radius 1 is 1.00 bits per heavy atom. The van der Waals surface area contributed by atoms with Crippen LogP contribution in [0.5, 0.6) is 0 Å². The molecule has 0 amide bonds. The van der Waals surface area contributed by atoms with E-state index in [0.717, 1.165) is 6.61 Å². The summed E-state index contributed by atoms with van der Waals surface area (Å²) in [6.07, 6.45) is 2.61. The minimum atomic E-state index is -0.797. The molecule has 0 bridgehead atoms. The predicted octanol–water partition coefficient (Wildman–Crippen LogP) is 2.83. The zero-order valence-electron chi connectivity index (χ0n) is 7.39. The Morgan fingerprint density at radius 2 is 1.50 bits per heavy atom. The summed E-state index contributed by atoms with van der Waals surface area (Å²) < 4.78 is 5.67. The van der Waals surface area contributed by atoms with Crippen LogP contribution in [0.2, 0.25) is 10.4 Å². The average Bonchev–Trinajstić information content (AvgIpc) is 1.90. The van der Waals surface area contributed by atoms with Gasteiger partial charge >= 0.3 is 69.4 Å². The SMILES string of the molecule is CCC[As](CCC)OCC. The molecule has 0 saturated carbocycles. The average molecular weight is 206 g/mol. The zero-order valence-corrected chi connectivity index (χ0v) is 9.27. The van der Waals surface area contributed by atoms with Crippen molar-refractivity contribution >= 4 is 15.0 Å². The normalized spacial score (nSPS) is 10.8. The molecule has 62 valence electrons. The van der Waals surface area contributed by atoms with E-state index in [1.807, 2.05) is 0 Å². The second-order valence-electron chi connectivity index (χ2n) is 2.35. The molecular formula is C8H19AsO. The fourth-order valence-electron chi connectivity index (χ4n) is 0.922. The summed E-state index contributed by atoms with van der Waals surface area (Å²) in [4.78, 5) is 0. The first-order valence-corrected chi connectivity index (χ1v) is 7.65. The van der Waals surface area contributed by atoms with E-state index in [2.05, 4.69) is 20.8 Å². The number of hydrogen-bond donors (Lipinski definition) is 0. The molecular weight excluding hydrogens is 187 g/mol. The van der Waals surface area contributed by atoms with Gasteiger partial charge in [-0.25, -0.2) is 0 Å². The van der Waals surface area contributed by atoms with E-state index in [1.165, 1.54) is 23.3 Å². The van der Waals surface area contributed by atoms with Gasteiger partial charge in [-0.1, -0.05) is 0 Å². The van der Waals surface area contributed by atoms with Crippen LogP contribution in [0.3, 0.4) is 0 Å². The van der Waals surface area contributed by atoms with Gasteiger partial charge in [-0.3, -0.25) is 0 Å². The first kappa shape index (κ1) is 10.5. The van der Waals surface area contributed by atoms with E-state index in [0.29, 0.717) is 0 Å².